The zero-order valence-electron chi connectivity index (χ0n) is 79.2. The third kappa shape index (κ3) is 35.1. The second kappa shape index (κ2) is 63.4. The predicted octanol–water partition coefficient (Wildman–Crippen LogP) is 30.9. The van der Waals surface area contributed by atoms with Gasteiger partial charge >= 0.3 is 0 Å². The molecule has 666 valence electrons. The molecule has 12 aromatic rings. The number of aryl methyl sites for hydroxylation is 3. The summed E-state index contributed by atoms with van der Waals surface area (Å²) in [5, 5.41) is 0. The van der Waals surface area contributed by atoms with Gasteiger partial charge in [0.05, 0.1) is 60.5 Å². The van der Waals surface area contributed by atoms with Gasteiger partial charge in [0, 0.05) is 5.41 Å². The van der Waals surface area contributed by atoms with E-state index < -0.39 is 39.3 Å². The molecule has 0 heterocycles. The molecule has 12 rings (SSSR count). The Bertz CT molecular complexity index is 5140. The maximum atomic E-state index is 12.9. The van der Waals surface area contributed by atoms with Crippen LogP contribution in [0.25, 0.3) is 22.3 Å². The second-order valence-electron chi connectivity index (χ2n) is 23.5. The highest BCUT2D eigenvalue weighted by atomic mass is 32.2. The highest BCUT2D eigenvalue weighted by Crippen LogP contribution is 2.36. The van der Waals surface area contributed by atoms with Crippen LogP contribution in [0.5, 0.6) is 40.2 Å². The summed E-state index contributed by atoms with van der Waals surface area (Å²) in [5.41, 5.74) is 9.57. The number of rotatable bonds is 19. The van der Waals surface area contributed by atoms with Crippen molar-refractivity contribution >= 4 is 39.3 Å². The molecule has 0 unspecified atom stereocenters. The fourth-order valence-corrected chi connectivity index (χ4v) is 15.4. The van der Waals surface area contributed by atoms with E-state index in [4.69, 9.17) is 23.7 Å². The molecule has 0 spiro atoms. The van der Waals surface area contributed by atoms with E-state index in [0.717, 1.165) is 27.8 Å². The van der Waals surface area contributed by atoms with Crippen LogP contribution in [0.15, 0.2) is 330 Å². The monoisotopic (exact) mass is 1740 g/mol. The number of methoxy groups -OCH3 is 3. The SMILES string of the molecule is CC.CC.CC.CC.CC.CC.CC.CC.CC.CC.CC.CC.COc1ccc(S(=O)(=O)c2ccc(-c3ccc(S(=O)(=O)c4ccc(C)cc4)cc3)cc2)cc1.COc1ccc(S(=O)(=O)c2ccc(Oc3ccc(-c4ccc(C)cc4)cc3)cc2)cc1.COc1ccc(S(=O)(=O)c2ccc(Oc3ccc(C(C)(C)c4ccc(C)cc4)cc3)cc2)cc1. The van der Waals surface area contributed by atoms with Crippen molar-refractivity contribution < 1.29 is 57.4 Å². The van der Waals surface area contributed by atoms with Crippen molar-refractivity contribution in [2.45, 2.75) is 245 Å². The van der Waals surface area contributed by atoms with E-state index >= 15 is 0 Å². The van der Waals surface area contributed by atoms with Crippen molar-refractivity contribution in [1.29, 1.82) is 0 Å². The average Bonchev–Trinajstić information content (AvgIpc) is 0.817. The highest BCUT2D eigenvalue weighted by molar-refractivity contribution is 7.92. The summed E-state index contributed by atoms with van der Waals surface area (Å²) in [7, 11) is -9.88. The zero-order valence-corrected chi connectivity index (χ0v) is 82.4. The molecule has 0 saturated heterocycles. The Morgan fingerprint density at radius 2 is 0.303 bits per heavy atom. The molecule has 0 aliphatic heterocycles. The fourth-order valence-electron chi connectivity index (χ4n) is 10.4. The maximum absolute atomic E-state index is 12.9. The molecular formula is C105H144O13S4. The van der Waals surface area contributed by atoms with E-state index in [2.05, 4.69) is 88.4 Å². The fraction of sp³-hybridized carbons (Fsp3) is 0.314. The molecule has 0 bridgehead atoms. The minimum Gasteiger partial charge on any atom is -0.497 e. The lowest BCUT2D eigenvalue weighted by atomic mass is 9.78. The van der Waals surface area contributed by atoms with Crippen molar-refractivity contribution in [3.63, 3.8) is 0 Å². The van der Waals surface area contributed by atoms with Crippen LogP contribution in [0.3, 0.4) is 0 Å². The number of hydrogen-bond acceptors (Lipinski definition) is 13. The Hall–Kier alpha value is -10.6. The minimum absolute atomic E-state index is 0.135. The number of ether oxygens (including phenoxy) is 5. The Balaban J connectivity index is -0.00000155. The Labute approximate surface area is 739 Å². The van der Waals surface area contributed by atoms with Gasteiger partial charge in [-0.2, -0.15) is 0 Å². The summed E-state index contributed by atoms with van der Waals surface area (Å²) in [6, 6.07) is 84.3. The first kappa shape index (κ1) is 116. The first-order chi connectivity index (χ1) is 58.9. The van der Waals surface area contributed by atoms with Crippen LogP contribution < -0.4 is 23.7 Å². The van der Waals surface area contributed by atoms with Crippen LogP contribution >= 0.6 is 0 Å². The van der Waals surface area contributed by atoms with Crippen molar-refractivity contribution in [3.8, 4) is 62.5 Å². The van der Waals surface area contributed by atoms with Gasteiger partial charge in [-0.25, -0.2) is 33.7 Å². The van der Waals surface area contributed by atoms with E-state index in [-0.39, 0.29) is 44.6 Å². The van der Waals surface area contributed by atoms with Crippen molar-refractivity contribution in [2.24, 2.45) is 0 Å². The number of hydrogen-bond donors (Lipinski definition) is 0. The largest absolute Gasteiger partial charge is 0.497 e. The molecule has 0 atom stereocenters. The molecule has 122 heavy (non-hydrogen) atoms. The minimum atomic E-state index is -3.66. The lowest BCUT2D eigenvalue weighted by Crippen LogP contribution is -2.18. The summed E-state index contributed by atoms with van der Waals surface area (Å²) < 4.78 is 130. The zero-order chi connectivity index (χ0) is 93.8. The quantitative estimate of drug-likeness (QED) is 0.0746. The molecule has 0 amide bonds. The van der Waals surface area contributed by atoms with Gasteiger partial charge in [-0.1, -0.05) is 306 Å². The standard InChI is InChI=1S/C29H28O4S.C26H22O5S2.C26H22O4S.12C2H6/c1-21-5-7-22(8-6-21)29(2,3)23-9-11-25(12-10-23)33-26-15-19-28(20-16-26)34(30,31)27-17-13-24(32-4)14-18-27;1-19-3-11-23(12-4-19)32(27,28)24-13-5-20(6-14-24)21-7-15-25(16-8-21)33(29,30)26-17-9-22(31-2)10-18-26;1-19-3-5-20(6-4-19)21-7-9-23(10-8-21)30-24-13-17-26(18-14-24)31(27,28)25-15-11-22(29-2)12-16-25;12*1-2/h5-20H,1-4H3;3-18H,1-2H3;3-18H,1-2H3;12*1-2H3. The van der Waals surface area contributed by atoms with Crippen LogP contribution in [0.2, 0.25) is 0 Å². The van der Waals surface area contributed by atoms with Gasteiger partial charge in [0.25, 0.3) is 0 Å². The Morgan fingerprint density at radius 1 is 0.180 bits per heavy atom. The van der Waals surface area contributed by atoms with Crippen molar-refractivity contribution in [3.05, 3.63) is 319 Å². The molecule has 13 nitrogen and oxygen atoms in total. The molecular weight excluding hydrogens is 1600 g/mol. The van der Waals surface area contributed by atoms with Gasteiger partial charge in [-0.05, 0) is 236 Å². The lowest BCUT2D eigenvalue weighted by Gasteiger charge is -2.26. The molecule has 0 fully saturated rings. The van der Waals surface area contributed by atoms with E-state index in [1.165, 1.54) is 72.9 Å². The average molecular weight is 1740 g/mol. The third-order valence-electron chi connectivity index (χ3n) is 16.4. The van der Waals surface area contributed by atoms with Crippen LogP contribution in [0.4, 0.5) is 0 Å². The van der Waals surface area contributed by atoms with Gasteiger partial charge in [0.15, 0.2) is 0 Å². The predicted molar refractivity (Wildman–Crippen MR) is 519 cm³/mol. The molecule has 0 aliphatic carbocycles. The van der Waals surface area contributed by atoms with E-state index in [0.29, 0.717) is 40.2 Å². The number of benzene rings is 12. The van der Waals surface area contributed by atoms with Gasteiger partial charge < -0.3 is 23.7 Å². The summed E-state index contributed by atoms with van der Waals surface area (Å²) in [6.07, 6.45) is 0. The van der Waals surface area contributed by atoms with Crippen LogP contribution in [0.1, 0.15) is 208 Å². The first-order valence-corrected chi connectivity index (χ1v) is 48.9. The van der Waals surface area contributed by atoms with Crippen molar-refractivity contribution in [1.82, 2.24) is 0 Å². The molecule has 0 aromatic heterocycles. The maximum Gasteiger partial charge on any atom is 0.206 e. The van der Waals surface area contributed by atoms with Crippen molar-refractivity contribution in [2.75, 3.05) is 21.3 Å². The molecule has 17 heteroatoms. The molecule has 0 radical (unpaired) electrons. The third-order valence-corrected chi connectivity index (χ3v) is 23.6. The summed E-state index contributed by atoms with van der Waals surface area (Å²) >= 11 is 0. The molecule has 0 aliphatic rings. The highest BCUT2D eigenvalue weighted by Gasteiger charge is 2.25. The Morgan fingerprint density at radius 3 is 0.500 bits per heavy atom. The topological polar surface area (TPSA) is 183 Å². The van der Waals surface area contributed by atoms with Crippen LogP contribution in [-0.2, 0) is 44.8 Å². The second-order valence-corrected chi connectivity index (χ2v) is 31.3. The summed E-state index contributed by atoms with van der Waals surface area (Å²) in [4.78, 5) is 1.65. The summed E-state index contributed by atoms with van der Waals surface area (Å²) in [6.45, 7) is 58.5. The molecule has 0 saturated carbocycles. The van der Waals surface area contributed by atoms with E-state index in [1.807, 2.05) is 209 Å². The van der Waals surface area contributed by atoms with Gasteiger partial charge in [0.1, 0.15) is 40.2 Å². The normalized spacial score (nSPS) is 9.90. The molecule has 0 N–H and O–H groups in total. The van der Waals surface area contributed by atoms with Gasteiger partial charge in [-0.15, -0.1) is 0 Å². The van der Waals surface area contributed by atoms with Gasteiger partial charge in [0.2, 0.25) is 39.3 Å². The number of sulfone groups is 4. The Kier molecular flexibility index (Phi) is 60.1. The smallest absolute Gasteiger partial charge is 0.206 e. The molecule has 12 aromatic carbocycles. The van der Waals surface area contributed by atoms with Crippen LogP contribution in [-0.4, -0.2) is 55.0 Å². The van der Waals surface area contributed by atoms with Gasteiger partial charge in [-0.3, -0.25) is 0 Å². The lowest BCUT2D eigenvalue weighted by molar-refractivity contribution is 0.414. The van der Waals surface area contributed by atoms with E-state index in [1.54, 1.807) is 165 Å². The first-order valence-electron chi connectivity index (χ1n) is 43.0. The van der Waals surface area contributed by atoms with Crippen LogP contribution in [0, 0.1) is 20.8 Å². The van der Waals surface area contributed by atoms with E-state index in [9.17, 15) is 33.7 Å². The summed E-state index contributed by atoms with van der Waals surface area (Å²) in [5.74, 6) is 4.30.